The first-order chi connectivity index (χ1) is 11.1. The number of hydrogen-bond acceptors (Lipinski definition) is 1. The van der Waals surface area contributed by atoms with E-state index in [9.17, 15) is 9.18 Å². The number of benzene rings is 2. The molecule has 23 heavy (non-hydrogen) atoms. The van der Waals surface area contributed by atoms with Gasteiger partial charge in [0.1, 0.15) is 5.82 Å². The molecule has 3 fully saturated rings. The number of carbonyl (C=O) groups is 1. The van der Waals surface area contributed by atoms with Gasteiger partial charge < -0.3 is 0 Å². The van der Waals surface area contributed by atoms with E-state index in [1.54, 1.807) is 12.1 Å². The molecule has 3 aliphatic rings. The van der Waals surface area contributed by atoms with E-state index in [-0.39, 0.29) is 22.4 Å². The van der Waals surface area contributed by atoms with E-state index < -0.39 is 0 Å². The standard InChI is InChI=1S/C21H21FO/c1-2-3-15-4-8-17(9-5-15)20-12-21(13-20,14-20)19(23)16-6-10-18(22)11-7-16/h4-11H,2-3,12-14H2,1H3. The van der Waals surface area contributed by atoms with Crippen molar-refractivity contribution >= 4 is 5.78 Å². The van der Waals surface area contributed by atoms with Crippen LogP contribution in [0.5, 0.6) is 0 Å². The van der Waals surface area contributed by atoms with Crippen molar-refractivity contribution in [2.45, 2.75) is 44.4 Å². The second-order valence-electron chi connectivity index (χ2n) is 7.37. The van der Waals surface area contributed by atoms with Crippen molar-refractivity contribution in [1.82, 2.24) is 0 Å². The van der Waals surface area contributed by atoms with E-state index in [1.807, 2.05) is 0 Å². The van der Waals surface area contributed by atoms with Crippen molar-refractivity contribution in [2.75, 3.05) is 0 Å². The lowest BCUT2D eigenvalue weighted by molar-refractivity contribution is -0.105. The number of halogens is 1. The van der Waals surface area contributed by atoms with Crippen LogP contribution in [0.25, 0.3) is 0 Å². The largest absolute Gasteiger partial charge is 0.294 e. The van der Waals surface area contributed by atoms with Crippen LogP contribution in [0.1, 0.15) is 54.1 Å². The molecule has 2 bridgehead atoms. The highest BCUT2D eigenvalue weighted by Gasteiger charge is 2.71. The number of hydrogen-bond donors (Lipinski definition) is 0. The van der Waals surface area contributed by atoms with Gasteiger partial charge in [-0.15, -0.1) is 0 Å². The van der Waals surface area contributed by atoms with Crippen LogP contribution in [0.4, 0.5) is 4.39 Å². The van der Waals surface area contributed by atoms with Crippen LogP contribution in [0, 0.1) is 11.2 Å². The molecular formula is C21H21FO. The molecule has 0 N–H and O–H groups in total. The molecule has 2 heteroatoms. The number of ketones is 1. The maximum atomic E-state index is 13.0. The molecule has 0 aromatic heterocycles. The molecule has 0 unspecified atom stereocenters. The van der Waals surface area contributed by atoms with Crippen molar-refractivity contribution in [3.8, 4) is 0 Å². The van der Waals surface area contributed by atoms with E-state index in [2.05, 4.69) is 31.2 Å². The van der Waals surface area contributed by atoms with Crippen LogP contribution >= 0.6 is 0 Å². The van der Waals surface area contributed by atoms with Gasteiger partial charge >= 0.3 is 0 Å². The monoisotopic (exact) mass is 308 g/mol. The van der Waals surface area contributed by atoms with Crippen molar-refractivity contribution in [3.05, 3.63) is 71.0 Å². The molecular weight excluding hydrogens is 287 g/mol. The Labute approximate surface area is 136 Å². The topological polar surface area (TPSA) is 17.1 Å². The Morgan fingerprint density at radius 2 is 1.61 bits per heavy atom. The third kappa shape index (κ3) is 2.15. The fourth-order valence-corrected chi connectivity index (χ4v) is 4.56. The lowest BCUT2D eigenvalue weighted by Crippen LogP contribution is -2.67. The zero-order valence-electron chi connectivity index (χ0n) is 13.4. The van der Waals surface area contributed by atoms with Crippen molar-refractivity contribution in [1.29, 1.82) is 0 Å². The fourth-order valence-electron chi connectivity index (χ4n) is 4.56. The summed E-state index contributed by atoms with van der Waals surface area (Å²) in [5, 5.41) is 0. The van der Waals surface area contributed by atoms with Crippen LogP contribution in [0.15, 0.2) is 48.5 Å². The second-order valence-corrected chi connectivity index (χ2v) is 7.37. The molecule has 2 aromatic rings. The summed E-state index contributed by atoms with van der Waals surface area (Å²) in [7, 11) is 0. The Morgan fingerprint density at radius 3 is 2.17 bits per heavy atom. The molecule has 0 spiro atoms. The summed E-state index contributed by atoms with van der Waals surface area (Å²) in [6.07, 6.45) is 5.13. The van der Waals surface area contributed by atoms with E-state index in [1.165, 1.54) is 29.7 Å². The van der Waals surface area contributed by atoms with Gasteiger partial charge in [-0.1, -0.05) is 37.6 Å². The Morgan fingerprint density at radius 1 is 1.00 bits per heavy atom. The third-order valence-electron chi connectivity index (χ3n) is 5.72. The van der Waals surface area contributed by atoms with E-state index in [4.69, 9.17) is 0 Å². The molecule has 0 amide bonds. The van der Waals surface area contributed by atoms with Crippen molar-refractivity contribution in [2.24, 2.45) is 5.41 Å². The third-order valence-corrected chi connectivity index (χ3v) is 5.72. The molecule has 0 saturated heterocycles. The predicted octanol–water partition coefficient (Wildman–Crippen LogP) is 5.08. The molecule has 0 radical (unpaired) electrons. The molecule has 3 aliphatic carbocycles. The fraction of sp³-hybridized carbons (Fsp3) is 0.381. The van der Waals surface area contributed by atoms with Gasteiger partial charge in [-0.2, -0.15) is 0 Å². The molecule has 0 atom stereocenters. The maximum absolute atomic E-state index is 13.0. The summed E-state index contributed by atoms with van der Waals surface area (Å²) < 4.78 is 13.0. The summed E-state index contributed by atoms with van der Waals surface area (Å²) in [6.45, 7) is 2.19. The van der Waals surface area contributed by atoms with E-state index >= 15 is 0 Å². The van der Waals surface area contributed by atoms with Crippen molar-refractivity contribution < 1.29 is 9.18 Å². The smallest absolute Gasteiger partial charge is 0.169 e. The van der Waals surface area contributed by atoms with Gasteiger partial charge in [-0.25, -0.2) is 4.39 Å². The van der Waals surface area contributed by atoms with Crippen LogP contribution in [-0.4, -0.2) is 5.78 Å². The Bertz CT molecular complexity index is 723. The molecule has 0 heterocycles. The molecule has 118 valence electrons. The van der Waals surface area contributed by atoms with Crippen LogP contribution in [0.2, 0.25) is 0 Å². The van der Waals surface area contributed by atoms with Crippen molar-refractivity contribution in [3.63, 3.8) is 0 Å². The predicted molar refractivity (Wildman–Crippen MR) is 89.1 cm³/mol. The highest BCUT2D eigenvalue weighted by molar-refractivity contribution is 6.03. The number of aryl methyl sites for hydroxylation is 1. The minimum atomic E-state index is -0.289. The summed E-state index contributed by atoms with van der Waals surface area (Å²) in [5.41, 5.74) is 3.46. The zero-order valence-corrected chi connectivity index (χ0v) is 13.4. The van der Waals surface area contributed by atoms with Crippen LogP contribution < -0.4 is 0 Å². The molecule has 3 saturated carbocycles. The first-order valence-corrected chi connectivity index (χ1v) is 8.47. The average Bonchev–Trinajstić information content (AvgIpc) is 2.47. The van der Waals surface area contributed by atoms with Gasteiger partial charge in [-0.05, 0) is 66.5 Å². The van der Waals surface area contributed by atoms with Gasteiger partial charge in [0.05, 0.1) is 0 Å². The summed E-state index contributed by atoms with van der Waals surface area (Å²) in [5.74, 6) is -0.0928. The minimum absolute atomic E-state index is 0.181. The lowest BCUT2D eigenvalue weighted by atomic mass is 9.32. The Hall–Kier alpha value is -1.96. The van der Waals surface area contributed by atoms with Crippen LogP contribution in [-0.2, 0) is 11.8 Å². The lowest BCUT2D eigenvalue weighted by Gasteiger charge is -2.70. The Kier molecular flexibility index (Phi) is 3.19. The SMILES string of the molecule is CCCc1ccc(C23CC(C(=O)c4ccc(F)cc4)(C2)C3)cc1. The van der Waals surface area contributed by atoms with Gasteiger partial charge in [-0.3, -0.25) is 4.79 Å². The zero-order chi connectivity index (χ0) is 16.1. The molecule has 5 rings (SSSR count). The van der Waals surface area contributed by atoms with Crippen LogP contribution in [0.3, 0.4) is 0 Å². The Balaban J connectivity index is 1.47. The quantitative estimate of drug-likeness (QED) is 0.704. The second kappa shape index (κ2) is 5.02. The van der Waals surface area contributed by atoms with Gasteiger partial charge in [0.25, 0.3) is 0 Å². The molecule has 0 aliphatic heterocycles. The average molecular weight is 308 g/mol. The normalized spacial score (nSPS) is 27.9. The van der Waals surface area contributed by atoms with E-state index in [0.29, 0.717) is 5.56 Å². The minimum Gasteiger partial charge on any atom is -0.294 e. The summed E-state index contributed by atoms with van der Waals surface area (Å²) in [6, 6.07) is 14.9. The summed E-state index contributed by atoms with van der Waals surface area (Å²) in [4.78, 5) is 12.7. The number of rotatable bonds is 5. The first-order valence-electron chi connectivity index (χ1n) is 8.47. The highest BCUT2D eigenvalue weighted by atomic mass is 19.1. The van der Waals surface area contributed by atoms with E-state index in [0.717, 1.165) is 25.7 Å². The first kappa shape index (κ1) is 14.6. The highest BCUT2D eigenvalue weighted by Crippen LogP contribution is 2.74. The number of carbonyl (C=O) groups excluding carboxylic acids is 1. The van der Waals surface area contributed by atoms with Gasteiger partial charge in [0.2, 0.25) is 0 Å². The maximum Gasteiger partial charge on any atom is 0.169 e. The summed E-state index contributed by atoms with van der Waals surface area (Å²) >= 11 is 0. The number of Topliss-reactive ketones (excluding diaryl/α,β-unsaturated/α-hetero) is 1. The van der Waals surface area contributed by atoms with Gasteiger partial charge in [0, 0.05) is 11.0 Å². The van der Waals surface area contributed by atoms with Gasteiger partial charge in [0.15, 0.2) is 5.78 Å². The molecule has 2 aromatic carbocycles. The molecule has 1 nitrogen and oxygen atoms in total.